The molecule has 0 amide bonds. The minimum Gasteiger partial charge on any atom is -0.380 e. The van der Waals surface area contributed by atoms with E-state index in [9.17, 15) is 8.42 Å². The Labute approximate surface area is 71.9 Å². The highest BCUT2D eigenvalue weighted by atomic mass is 127. The van der Waals surface area contributed by atoms with E-state index in [0.29, 0.717) is 0 Å². The van der Waals surface area contributed by atoms with Crippen molar-refractivity contribution in [2.24, 2.45) is 0 Å². The van der Waals surface area contributed by atoms with Gasteiger partial charge in [-0.2, -0.15) is 8.42 Å². The number of halogens is 1. The number of aliphatic hydroxyl groups excluding tert-OH is 1. The lowest BCUT2D eigenvalue weighted by molar-refractivity contribution is 0.279. The highest BCUT2D eigenvalue weighted by Crippen LogP contribution is 2.14. The zero-order valence-electron chi connectivity index (χ0n) is 4.10. The summed E-state index contributed by atoms with van der Waals surface area (Å²) in [5.41, 5.74) is -1.35. The normalized spacial score (nSPS) is 19.1. The summed E-state index contributed by atoms with van der Waals surface area (Å²) in [5.74, 6) is 0. The molecule has 0 rings (SSSR count). The van der Waals surface area contributed by atoms with E-state index in [1.165, 1.54) is 22.6 Å². The Morgan fingerprint density at radius 2 is 1.89 bits per heavy atom. The predicted octanol–water partition coefficient (Wildman–Crippen LogP) is -0.116. The summed E-state index contributed by atoms with van der Waals surface area (Å²) >= 11 is 4.77. The Morgan fingerprint density at radius 3 is 1.89 bits per heavy atom. The van der Waals surface area contributed by atoms with E-state index in [1.54, 1.807) is 0 Å². The lowest BCUT2D eigenvalue weighted by Crippen LogP contribution is -2.23. The van der Waals surface area contributed by atoms with E-state index in [2.05, 4.69) is 12.6 Å². The third-order valence-corrected chi connectivity index (χ3v) is 5.02. The molecule has 0 saturated heterocycles. The van der Waals surface area contributed by atoms with Crippen LogP contribution in [0.1, 0.15) is 0 Å². The van der Waals surface area contributed by atoms with Crippen molar-refractivity contribution < 1.29 is 18.1 Å². The summed E-state index contributed by atoms with van der Waals surface area (Å²) < 4.78 is 27.2. The maximum Gasteiger partial charge on any atom is 0.280 e. The van der Waals surface area contributed by atoms with Crippen molar-refractivity contribution in [2.45, 2.75) is 8.69 Å². The van der Waals surface area contributed by atoms with Crippen molar-refractivity contribution in [3.63, 3.8) is 0 Å². The van der Waals surface area contributed by atoms with Crippen molar-refractivity contribution in [1.82, 2.24) is 0 Å². The van der Waals surface area contributed by atoms with Crippen LogP contribution in [0.25, 0.3) is 0 Å². The smallest absolute Gasteiger partial charge is 0.280 e. The summed E-state index contributed by atoms with van der Waals surface area (Å²) in [7, 11) is -4.14. The Kier molecular flexibility index (Phi) is 3.73. The van der Waals surface area contributed by atoms with Crippen LogP contribution in [-0.2, 0) is 10.1 Å². The van der Waals surface area contributed by atoms with E-state index in [1.807, 2.05) is 0 Å². The molecule has 0 fully saturated rings. The van der Waals surface area contributed by atoms with Gasteiger partial charge in [0.1, 0.15) is 5.44 Å². The minimum atomic E-state index is -4.14. The summed E-state index contributed by atoms with van der Waals surface area (Å²) in [6.07, 6.45) is 0. The zero-order chi connectivity index (χ0) is 7.65. The molecule has 2 atom stereocenters. The van der Waals surface area contributed by atoms with Crippen molar-refractivity contribution in [1.29, 1.82) is 0 Å². The molecule has 0 aliphatic carbocycles. The predicted molar refractivity (Wildman–Crippen MR) is 44.3 cm³/mol. The van der Waals surface area contributed by atoms with Gasteiger partial charge in [-0.05, 0) is 0 Å². The molecule has 0 aliphatic rings. The monoisotopic (exact) mass is 284 g/mol. The molecule has 9 heavy (non-hydrogen) atoms. The molecule has 2 unspecified atom stereocenters. The fraction of sp³-hybridized carbons (Fsp3) is 1.00. The van der Waals surface area contributed by atoms with Crippen LogP contribution in [0, 0.1) is 0 Å². The molecule has 0 radical (unpaired) electrons. The van der Waals surface area contributed by atoms with E-state index in [0.717, 1.165) is 0 Å². The third kappa shape index (κ3) is 3.61. The molecule has 0 heterocycles. The van der Waals surface area contributed by atoms with Gasteiger partial charge in [-0.3, -0.25) is 4.55 Å². The first kappa shape index (κ1) is 9.95. The molecule has 2 N–H and O–H groups in total. The molecule has 7 heteroatoms. The number of hydrogen-bond donors (Lipinski definition) is 3. The Morgan fingerprint density at radius 1 is 1.56 bits per heavy atom. The lowest BCUT2D eigenvalue weighted by Gasteiger charge is -2.06. The SMILES string of the molecule is O=S(=O)(O)C(I)C(O)S. The maximum absolute atomic E-state index is 10.1. The summed E-state index contributed by atoms with van der Waals surface area (Å²) in [4.78, 5) is 0. The molecule has 0 aromatic rings. The summed E-state index contributed by atoms with van der Waals surface area (Å²) in [6, 6.07) is 0. The van der Waals surface area contributed by atoms with Gasteiger partial charge in [0.2, 0.25) is 0 Å². The molecule has 0 aromatic heterocycles. The van der Waals surface area contributed by atoms with Gasteiger partial charge in [-0.1, -0.05) is 22.6 Å². The second kappa shape index (κ2) is 3.37. The molecular formula is C2H5IO4S2. The first-order valence-electron chi connectivity index (χ1n) is 1.82. The summed E-state index contributed by atoms with van der Waals surface area (Å²) in [5, 5.41) is 8.47. The highest BCUT2D eigenvalue weighted by molar-refractivity contribution is 14.1. The Hall–Kier alpha value is 0.950. The first-order valence-corrected chi connectivity index (χ1v) is 5.08. The number of aliphatic hydroxyl groups is 1. The molecule has 4 nitrogen and oxygen atoms in total. The second-order valence-electron chi connectivity index (χ2n) is 1.28. The Balaban J connectivity index is 4.24. The second-order valence-corrected chi connectivity index (χ2v) is 5.53. The van der Waals surface area contributed by atoms with Gasteiger partial charge < -0.3 is 5.11 Å². The van der Waals surface area contributed by atoms with Crippen LogP contribution < -0.4 is 0 Å². The Bertz CT molecular complexity index is 173. The van der Waals surface area contributed by atoms with E-state index in [4.69, 9.17) is 9.66 Å². The molecule has 0 spiro atoms. The van der Waals surface area contributed by atoms with Crippen LogP contribution in [-0.4, -0.2) is 26.8 Å². The standard InChI is InChI=1S/C2H5IO4S2/c3-1(2(4)8)9(5,6)7/h1-2,4,8H,(H,5,6,7). The topological polar surface area (TPSA) is 74.6 Å². The first-order chi connectivity index (χ1) is 3.85. The zero-order valence-corrected chi connectivity index (χ0v) is 7.97. The molecule has 0 bridgehead atoms. The van der Waals surface area contributed by atoms with Crippen molar-refractivity contribution in [2.75, 3.05) is 0 Å². The molecule has 56 valence electrons. The van der Waals surface area contributed by atoms with Crippen LogP contribution in [0.3, 0.4) is 0 Å². The number of rotatable bonds is 2. The van der Waals surface area contributed by atoms with E-state index < -0.39 is 18.8 Å². The fourth-order valence-electron chi connectivity index (χ4n) is 0.154. The van der Waals surface area contributed by atoms with Crippen molar-refractivity contribution in [3.05, 3.63) is 0 Å². The van der Waals surface area contributed by atoms with Crippen molar-refractivity contribution >= 4 is 45.3 Å². The average Bonchev–Trinajstić information content (AvgIpc) is 1.62. The van der Waals surface area contributed by atoms with E-state index in [-0.39, 0.29) is 0 Å². The number of hydrogen-bond acceptors (Lipinski definition) is 4. The van der Waals surface area contributed by atoms with Gasteiger partial charge >= 0.3 is 0 Å². The van der Waals surface area contributed by atoms with Crippen molar-refractivity contribution in [3.8, 4) is 0 Å². The van der Waals surface area contributed by atoms with Gasteiger partial charge in [0.05, 0.1) is 0 Å². The van der Waals surface area contributed by atoms with Gasteiger partial charge in [-0.15, -0.1) is 12.6 Å². The molecule has 0 aromatic carbocycles. The summed E-state index contributed by atoms with van der Waals surface area (Å²) in [6.45, 7) is 0. The van der Waals surface area contributed by atoms with Crippen LogP contribution >= 0.6 is 35.2 Å². The largest absolute Gasteiger partial charge is 0.380 e. The quantitative estimate of drug-likeness (QED) is 0.217. The number of alkyl halides is 1. The van der Waals surface area contributed by atoms with Gasteiger partial charge in [-0.25, -0.2) is 0 Å². The number of thiol groups is 1. The average molecular weight is 284 g/mol. The molecular weight excluding hydrogens is 279 g/mol. The van der Waals surface area contributed by atoms with Crippen LogP contribution in [0.5, 0.6) is 0 Å². The van der Waals surface area contributed by atoms with Crippen LogP contribution in [0.2, 0.25) is 0 Å². The van der Waals surface area contributed by atoms with E-state index >= 15 is 0 Å². The fourth-order valence-corrected chi connectivity index (χ4v) is 0.923. The van der Waals surface area contributed by atoms with Crippen LogP contribution in [0.4, 0.5) is 0 Å². The lowest BCUT2D eigenvalue weighted by atomic mass is 10.9. The highest BCUT2D eigenvalue weighted by Gasteiger charge is 2.24. The van der Waals surface area contributed by atoms with Gasteiger partial charge in [0.15, 0.2) is 3.26 Å². The van der Waals surface area contributed by atoms with Crippen LogP contribution in [0.15, 0.2) is 0 Å². The van der Waals surface area contributed by atoms with Gasteiger partial charge in [0.25, 0.3) is 10.1 Å². The minimum absolute atomic E-state index is 1.27. The molecule has 0 aliphatic heterocycles. The third-order valence-electron chi connectivity index (χ3n) is 0.519. The molecule has 0 saturated carbocycles. The maximum atomic E-state index is 10.1. The van der Waals surface area contributed by atoms with Gasteiger partial charge in [0, 0.05) is 0 Å².